The van der Waals surface area contributed by atoms with Crippen LogP contribution in [0.15, 0.2) is 30.0 Å². The first-order valence-corrected chi connectivity index (χ1v) is 5.14. The van der Waals surface area contributed by atoms with E-state index in [9.17, 15) is 4.39 Å². The maximum atomic E-state index is 13.5. The van der Waals surface area contributed by atoms with Gasteiger partial charge in [0.25, 0.3) is 0 Å². The van der Waals surface area contributed by atoms with Gasteiger partial charge in [0.05, 0.1) is 11.7 Å². The molecule has 0 bridgehead atoms. The van der Waals surface area contributed by atoms with Crippen molar-refractivity contribution in [1.82, 2.24) is 10.3 Å². The van der Waals surface area contributed by atoms with Gasteiger partial charge in [-0.05, 0) is 32.5 Å². The number of pyridine rings is 1. The molecule has 0 aromatic carbocycles. The maximum Gasteiger partial charge on any atom is 0.146 e. The van der Waals surface area contributed by atoms with E-state index in [1.54, 1.807) is 12.3 Å². The quantitative estimate of drug-likeness (QED) is 0.770. The molecule has 0 spiro atoms. The van der Waals surface area contributed by atoms with Crippen molar-refractivity contribution in [3.63, 3.8) is 0 Å². The zero-order chi connectivity index (χ0) is 11.3. The van der Waals surface area contributed by atoms with E-state index in [2.05, 4.69) is 10.3 Å². The van der Waals surface area contributed by atoms with Crippen LogP contribution >= 0.6 is 0 Å². The maximum absolute atomic E-state index is 13.5. The molecule has 1 N–H and O–H groups in total. The Bertz CT molecular complexity index is 343. The zero-order valence-electron chi connectivity index (χ0n) is 9.42. The number of allylic oxidation sites excluding steroid dienone is 1. The Morgan fingerprint density at radius 2 is 2.33 bits per heavy atom. The number of rotatable bonds is 4. The van der Waals surface area contributed by atoms with Crippen molar-refractivity contribution < 1.29 is 4.39 Å². The molecule has 0 aliphatic carbocycles. The number of aromatic nitrogens is 1. The predicted octanol–water partition coefficient (Wildman–Crippen LogP) is 2.84. The Morgan fingerprint density at radius 1 is 1.60 bits per heavy atom. The lowest BCUT2D eigenvalue weighted by atomic mass is 10.1. The molecule has 15 heavy (non-hydrogen) atoms. The minimum absolute atomic E-state index is 0.138. The third-order valence-electron chi connectivity index (χ3n) is 2.01. The van der Waals surface area contributed by atoms with Crippen LogP contribution in [0.1, 0.15) is 32.5 Å². The van der Waals surface area contributed by atoms with E-state index < -0.39 is 0 Å². The summed E-state index contributed by atoms with van der Waals surface area (Å²) in [6, 6.07) is 2.90. The summed E-state index contributed by atoms with van der Waals surface area (Å²) in [5.74, 6) is -0.263. The summed E-state index contributed by atoms with van der Waals surface area (Å²) in [5, 5.41) is 3.19. The summed E-state index contributed by atoms with van der Waals surface area (Å²) < 4.78 is 13.5. The summed E-state index contributed by atoms with van der Waals surface area (Å²) >= 11 is 0. The van der Waals surface area contributed by atoms with Gasteiger partial charge in [0.1, 0.15) is 5.82 Å². The van der Waals surface area contributed by atoms with E-state index in [-0.39, 0.29) is 11.9 Å². The summed E-state index contributed by atoms with van der Waals surface area (Å²) in [6.07, 6.45) is 3.59. The normalized spacial score (nSPS) is 12.3. The van der Waals surface area contributed by atoms with Crippen molar-refractivity contribution in [3.8, 4) is 0 Å². The van der Waals surface area contributed by atoms with Crippen LogP contribution in [-0.2, 0) is 0 Å². The number of likely N-dealkylation sites (N-methyl/N-ethyl adjacent to an activating group) is 1. The number of halogens is 1. The molecular formula is C12H17FN2. The Labute approximate surface area is 90.2 Å². The van der Waals surface area contributed by atoms with Gasteiger partial charge < -0.3 is 5.32 Å². The topological polar surface area (TPSA) is 24.9 Å². The highest BCUT2D eigenvalue weighted by atomic mass is 19.1. The Hall–Kier alpha value is -1.22. The highest BCUT2D eigenvalue weighted by Gasteiger charge is 2.12. The summed E-state index contributed by atoms with van der Waals surface area (Å²) in [6.45, 7) is 6.76. The molecule has 0 saturated carbocycles. The summed E-state index contributed by atoms with van der Waals surface area (Å²) in [7, 11) is 0. The Kier molecular flexibility index (Phi) is 4.43. The molecule has 1 aromatic rings. The SMILES string of the molecule is CCNC(C=C(C)C)c1ncccc1F. The molecule has 1 unspecified atom stereocenters. The molecule has 0 saturated heterocycles. The molecule has 0 radical (unpaired) electrons. The van der Waals surface area contributed by atoms with Crippen molar-refractivity contribution in [3.05, 3.63) is 41.5 Å². The molecule has 1 heterocycles. The fourth-order valence-corrected chi connectivity index (χ4v) is 1.41. The third kappa shape index (κ3) is 3.44. The van der Waals surface area contributed by atoms with Gasteiger partial charge in [0.15, 0.2) is 0 Å². The van der Waals surface area contributed by atoms with E-state index in [4.69, 9.17) is 0 Å². The van der Waals surface area contributed by atoms with Crippen molar-refractivity contribution in [2.24, 2.45) is 0 Å². The van der Waals surface area contributed by atoms with Gasteiger partial charge in [0, 0.05) is 6.20 Å². The number of hydrogen-bond acceptors (Lipinski definition) is 2. The van der Waals surface area contributed by atoms with Gasteiger partial charge in [-0.1, -0.05) is 18.6 Å². The summed E-state index contributed by atoms with van der Waals surface area (Å²) in [4.78, 5) is 4.07. The standard InChI is InChI=1S/C12H17FN2/c1-4-14-11(8-9(2)3)12-10(13)6-5-7-15-12/h5-8,11,14H,4H2,1-3H3. The number of nitrogens with one attached hydrogen (secondary N) is 1. The zero-order valence-corrected chi connectivity index (χ0v) is 9.42. The molecule has 82 valence electrons. The van der Waals surface area contributed by atoms with Crippen molar-refractivity contribution in [2.75, 3.05) is 6.54 Å². The minimum atomic E-state index is -0.263. The van der Waals surface area contributed by atoms with Crippen molar-refractivity contribution in [2.45, 2.75) is 26.8 Å². The van der Waals surface area contributed by atoms with Gasteiger partial charge in [-0.2, -0.15) is 0 Å². The molecule has 0 amide bonds. The van der Waals surface area contributed by atoms with Crippen LogP contribution in [0.25, 0.3) is 0 Å². The largest absolute Gasteiger partial charge is 0.306 e. The van der Waals surface area contributed by atoms with E-state index in [1.165, 1.54) is 6.07 Å². The van der Waals surface area contributed by atoms with E-state index in [0.29, 0.717) is 5.69 Å². The van der Waals surface area contributed by atoms with Gasteiger partial charge in [0.2, 0.25) is 0 Å². The third-order valence-corrected chi connectivity index (χ3v) is 2.01. The Morgan fingerprint density at radius 3 is 2.87 bits per heavy atom. The van der Waals surface area contributed by atoms with Gasteiger partial charge in [-0.3, -0.25) is 4.98 Å². The molecular weight excluding hydrogens is 191 g/mol. The van der Waals surface area contributed by atoms with Crippen molar-refractivity contribution >= 4 is 0 Å². The fourth-order valence-electron chi connectivity index (χ4n) is 1.41. The first-order chi connectivity index (χ1) is 7.15. The molecule has 0 aliphatic rings. The average Bonchev–Trinajstić information content (AvgIpc) is 2.17. The monoisotopic (exact) mass is 208 g/mol. The average molecular weight is 208 g/mol. The van der Waals surface area contributed by atoms with Crippen LogP contribution in [-0.4, -0.2) is 11.5 Å². The molecule has 1 rings (SSSR count). The van der Waals surface area contributed by atoms with Crippen LogP contribution in [0.2, 0.25) is 0 Å². The molecule has 1 atom stereocenters. The van der Waals surface area contributed by atoms with Gasteiger partial charge in [-0.15, -0.1) is 0 Å². The minimum Gasteiger partial charge on any atom is -0.306 e. The van der Waals surface area contributed by atoms with Gasteiger partial charge >= 0.3 is 0 Å². The van der Waals surface area contributed by atoms with E-state index >= 15 is 0 Å². The van der Waals surface area contributed by atoms with Crippen LogP contribution in [0, 0.1) is 5.82 Å². The fraction of sp³-hybridized carbons (Fsp3) is 0.417. The van der Waals surface area contributed by atoms with Crippen LogP contribution in [0.5, 0.6) is 0 Å². The molecule has 2 nitrogen and oxygen atoms in total. The second kappa shape index (κ2) is 5.61. The molecule has 1 aromatic heterocycles. The smallest absolute Gasteiger partial charge is 0.146 e. The first-order valence-electron chi connectivity index (χ1n) is 5.14. The van der Waals surface area contributed by atoms with Crippen molar-refractivity contribution in [1.29, 1.82) is 0 Å². The first kappa shape index (κ1) is 11.9. The van der Waals surface area contributed by atoms with Crippen LogP contribution in [0.3, 0.4) is 0 Å². The summed E-state index contributed by atoms with van der Waals surface area (Å²) in [5.41, 5.74) is 1.60. The van der Waals surface area contributed by atoms with Crippen LogP contribution < -0.4 is 5.32 Å². The lowest BCUT2D eigenvalue weighted by Crippen LogP contribution is -2.21. The second-order valence-corrected chi connectivity index (χ2v) is 3.65. The lowest BCUT2D eigenvalue weighted by molar-refractivity contribution is 0.549. The number of nitrogens with zero attached hydrogens (tertiary/aromatic N) is 1. The highest BCUT2D eigenvalue weighted by molar-refractivity contribution is 5.18. The lowest BCUT2D eigenvalue weighted by Gasteiger charge is -2.14. The second-order valence-electron chi connectivity index (χ2n) is 3.65. The number of hydrogen-bond donors (Lipinski definition) is 1. The molecule has 0 aliphatic heterocycles. The predicted molar refractivity (Wildman–Crippen MR) is 60.0 cm³/mol. The van der Waals surface area contributed by atoms with Crippen LogP contribution in [0.4, 0.5) is 4.39 Å². The Balaban J connectivity index is 2.99. The molecule has 0 fully saturated rings. The highest BCUT2D eigenvalue weighted by Crippen LogP contribution is 2.16. The van der Waals surface area contributed by atoms with E-state index in [0.717, 1.165) is 12.1 Å². The van der Waals surface area contributed by atoms with E-state index in [1.807, 2.05) is 26.8 Å². The van der Waals surface area contributed by atoms with Gasteiger partial charge in [-0.25, -0.2) is 4.39 Å². The molecule has 3 heteroatoms.